The van der Waals surface area contributed by atoms with E-state index in [1.807, 2.05) is 13.8 Å². The quantitative estimate of drug-likeness (QED) is 0.482. The monoisotopic (exact) mass is 272 g/mol. The number of aryl methyl sites for hydroxylation is 1. The normalized spacial score (nSPS) is 14.7. The molecule has 0 aromatic carbocycles. The van der Waals surface area contributed by atoms with Crippen LogP contribution in [-0.2, 0) is 0 Å². The van der Waals surface area contributed by atoms with Gasteiger partial charge in [-0.15, -0.1) is 0 Å². The van der Waals surface area contributed by atoms with Crippen molar-refractivity contribution in [2.45, 2.75) is 31.5 Å². The summed E-state index contributed by atoms with van der Waals surface area (Å²) in [6, 6.07) is 1.78. The number of alkyl halides is 1. The summed E-state index contributed by atoms with van der Waals surface area (Å²) in [6.07, 6.45) is 1.33. The highest BCUT2D eigenvalue weighted by Crippen LogP contribution is 2.25. The Balaban J connectivity index is 3.06. The molecule has 15 heavy (non-hydrogen) atoms. The van der Waals surface area contributed by atoms with Crippen molar-refractivity contribution in [1.29, 1.82) is 0 Å². The molecular weight excluding hydrogens is 260 g/mol. The first-order chi connectivity index (χ1) is 6.93. The summed E-state index contributed by atoms with van der Waals surface area (Å²) < 4.78 is 0. The van der Waals surface area contributed by atoms with Gasteiger partial charge in [0.1, 0.15) is 6.20 Å². The molecular formula is C10H13BrN2O2. The van der Waals surface area contributed by atoms with E-state index in [0.717, 1.165) is 5.69 Å². The summed E-state index contributed by atoms with van der Waals surface area (Å²) in [5.74, 6) is 0.240. The first-order valence-electron chi connectivity index (χ1n) is 4.68. The van der Waals surface area contributed by atoms with E-state index in [4.69, 9.17) is 0 Å². The van der Waals surface area contributed by atoms with E-state index in [1.54, 1.807) is 13.0 Å². The van der Waals surface area contributed by atoms with E-state index in [1.165, 1.54) is 6.20 Å². The van der Waals surface area contributed by atoms with Crippen LogP contribution in [0.1, 0.15) is 31.0 Å². The van der Waals surface area contributed by atoms with Crippen molar-refractivity contribution in [3.8, 4) is 0 Å². The van der Waals surface area contributed by atoms with Gasteiger partial charge in [0.25, 0.3) is 5.69 Å². The molecule has 0 bridgehead atoms. The highest BCUT2D eigenvalue weighted by atomic mass is 79.9. The van der Waals surface area contributed by atoms with E-state index < -0.39 is 4.92 Å². The zero-order valence-electron chi connectivity index (χ0n) is 8.90. The Bertz CT molecular complexity index is 380. The van der Waals surface area contributed by atoms with Crippen molar-refractivity contribution in [1.82, 2.24) is 4.98 Å². The summed E-state index contributed by atoms with van der Waals surface area (Å²) in [7, 11) is 0. The largest absolute Gasteiger partial charge is 0.290 e. The fourth-order valence-electron chi connectivity index (χ4n) is 1.25. The minimum Gasteiger partial charge on any atom is -0.258 e. The van der Waals surface area contributed by atoms with E-state index in [0.29, 0.717) is 10.4 Å². The van der Waals surface area contributed by atoms with Crippen LogP contribution >= 0.6 is 15.9 Å². The Morgan fingerprint density at radius 2 is 2.13 bits per heavy atom. The molecule has 1 heterocycles. The van der Waals surface area contributed by atoms with Crippen molar-refractivity contribution in [3.63, 3.8) is 0 Å². The number of aromatic nitrogens is 1. The van der Waals surface area contributed by atoms with Gasteiger partial charge in [-0.3, -0.25) is 15.1 Å². The highest BCUT2D eigenvalue weighted by molar-refractivity contribution is 9.09. The third-order valence-corrected chi connectivity index (χ3v) is 3.25. The lowest BCUT2D eigenvalue weighted by Crippen LogP contribution is -2.07. The Hall–Kier alpha value is -0.970. The van der Waals surface area contributed by atoms with Crippen molar-refractivity contribution in [2.24, 2.45) is 0 Å². The molecule has 0 N–H and O–H groups in total. The molecule has 0 fully saturated rings. The van der Waals surface area contributed by atoms with Gasteiger partial charge in [0.2, 0.25) is 0 Å². The minimum absolute atomic E-state index is 0.0770. The van der Waals surface area contributed by atoms with Gasteiger partial charge < -0.3 is 0 Å². The molecule has 82 valence electrons. The second kappa shape index (κ2) is 4.70. The van der Waals surface area contributed by atoms with Crippen LogP contribution in [0.5, 0.6) is 0 Å². The number of hydrogen-bond acceptors (Lipinski definition) is 3. The maximum absolute atomic E-state index is 10.6. The summed E-state index contributed by atoms with van der Waals surface area (Å²) >= 11 is 3.47. The molecule has 0 aliphatic rings. The molecule has 0 aliphatic heterocycles. The molecule has 4 nitrogen and oxygen atoms in total. The maximum Gasteiger partial charge on any atom is 0.290 e. The number of nitro groups is 1. The lowest BCUT2D eigenvalue weighted by Gasteiger charge is -2.13. The van der Waals surface area contributed by atoms with Crippen LogP contribution in [0.25, 0.3) is 0 Å². The van der Waals surface area contributed by atoms with Crippen LogP contribution < -0.4 is 0 Å². The molecule has 1 aromatic rings. The van der Waals surface area contributed by atoms with Crippen molar-refractivity contribution >= 4 is 21.6 Å². The summed E-state index contributed by atoms with van der Waals surface area (Å²) in [6.45, 7) is 5.80. The van der Waals surface area contributed by atoms with Gasteiger partial charge in [0.15, 0.2) is 0 Å². The van der Waals surface area contributed by atoms with Crippen LogP contribution in [0.3, 0.4) is 0 Å². The van der Waals surface area contributed by atoms with Gasteiger partial charge in [-0.05, 0) is 13.0 Å². The number of halogens is 1. The second-order valence-corrected chi connectivity index (χ2v) is 5.06. The first-order valence-corrected chi connectivity index (χ1v) is 5.60. The molecule has 0 aliphatic carbocycles. The van der Waals surface area contributed by atoms with Crippen LogP contribution in [0.4, 0.5) is 5.69 Å². The highest BCUT2D eigenvalue weighted by Gasteiger charge is 2.17. The number of pyridine rings is 1. The molecule has 0 saturated carbocycles. The third-order valence-electron chi connectivity index (χ3n) is 2.46. The number of hydrogen-bond donors (Lipinski definition) is 0. The SMILES string of the molecule is Cc1cc(C(C)C(C)Br)ncc1[N+](=O)[O-]. The zero-order chi connectivity index (χ0) is 11.6. The molecule has 0 saturated heterocycles. The topological polar surface area (TPSA) is 56.0 Å². The van der Waals surface area contributed by atoms with Crippen molar-refractivity contribution in [2.75, 3.05) is 0 Å². The van der Waals surface area contributed by atoms with Gasteiger partial charge in [0, 0.05) is 22.0 Å². The summed E-state index contributed by atoms with van der Waals surface area (Å²) in [5.41, 5.74) is 1.61. The van der Waals surface area contributed by atoms with Gasteiger partial charge in [0.05, 0.1) is 4.92 Å². The lowest BCUT2D eigenvalue weighted by atomic mass is 10.0. The number of nitrogens with zero attached hydrogens (tertiary/aromatic N) is 2. The molecule has 0 radical (unpaired) electrons. The number of rotatable bonds is 3. The molecule has 1 rings (SSSR count). The Morgan fingerprint density at radius 3 is 2.53 bits per heavy atom. The second-order valence-electron chi connectivity index (χ2n) is 3.62. The Kier molecular flexibility index (Phi) is 3.79. The average Bonchev–Trinajstić information content (AvgIpc) is 2.15. The molecule has 1 aromatic heterocycles. The first kappa shape index (κ1) is 12.1. The van der Waals surface area contributed by atoms with Crippen LogP contribution in [0.2, 0.25) is 0 Å². The summed E-state index contributed by atoms with van der Waals surface area (Å²) in [5, 5.41) is 10.6. The molecule has 2 atom stereocenters. The maximum atomic E-state index is 10.6. The fourth-order valence-corrected chi connectivity index (χ4v) is 1.52. The predicted octanol–water partition coefficient (Wildman–Crippen LogP) is 3.19. The van der Waals surface area contributed by atoms with Gasteiger partial charge >= 0.3 is 0 Å². The van der Waals surface area contributed by atoms with Crippen molar-refractivity contribution in [3.05, 3.63) is 33.6 Å². The predicted molar refractivity (Wildman–Crippen MR) is 62.4 cm³/mol. The van der Waals surface area contributed by atoms with Crippen molar-refractivity contribution < 1.29 is 4.92 Å². The van der Waals surface area contributed by atoms with E-state index >= 15 is 0 Å². The smallest absolute Gasteiger partial charge is 0.258 e. The van der Waals surface area contributed by atoms with E-state index in [-0.39, 0.29) is 11.6 Å². The Morgan fingerprint density at radius 1 is 1.53 bits per heavy atom. The fraction of sp³-hybridized carbons (Fsp3) is 0.500. The third kappa shape index (κ3) is 2.75. The molecule has 2 unspecified atom stereocenters. The minimum atomic E-state index is -0.408. The van der Waals surface area contributed by atoms with Crippen LogP contribution in [-0.4, -0.2) is 14.7 Å². The average molecular weight is 273 g/mol. The Labute approximate surface area is 97.0 Å². The molecule has 0 amide bonds. The molecule has 0 spiro atoms. The van der Waals surface area contributed by atoms with Gasteiger partial charge in [-0.25, -0.2) is 0 Å². The summed E-state index contributed by atoms with van der Waals surface area (Å²) in [4.78, 5) is 14.6. The van der Waals surface area contributed by atoms with E-state index in [2.05, 4.69) is 20.9 Å². The van der Waals surface area contributed by atoms with Gasteiger partial charge in [-0.1, -0.05) is 29.8 Å². The van der Waals surface area contributed by atoms with Crippen LogP contribution in [0.15, 0.2) is 12.3 Å². The standard InChI is InChI=1S/C10H13BrN2O2/c1-6-4-9(7(2)8(3)11)12-5-10(6)13(14)15/h4-5,7-8H,1-3H3. The van der Waals surface area contributed by atoms with Gasteiger partial charge in [-0.2, -0.15) is 0 Å². The van der Waals surface area contributed by atoms with Crippen LogP contribution in [0, 0.1) is 17.0 Å². The van der Waals surface area contributed by atoms with E-state index in [9.17, 15) is 10.1 Å². The zero-order valence-corrected chi connectivity index (χ0v) is 10.5. The molecule has 5 heteroatoms. The lowest BCUT2D eigenvalue weighted by molar-refractivity contribution is -0.385.